The Morgan fingerprint density at radius 3 is 2.00 bits per heavy atom. The van der Waals surface area contributed by atoms with Crippen molar-refractivity contribution in [1.82, 2.24) is 0 Å². The number of benzene rings is 7. The molecule has 0 aliphatic heterocycles. The lowest BCUT2D eigenvalue weighted by Gasteiger charge is -2.25. The fraction of sp³-hybridized carbons (Fsp3) is 0.0476. The minimum atomic E-state index is 0.934. The molecule has 0 amide bonds. The monoisotopic (exact) mass is 548 g/mol. The molecule has 0 saturated carbocycles. The molecule has 0 unspecified atom stereocenters. The summed E-state index contributed by atoms with van der Waals surface area (Å²) in [5.74, 6) is 0. The highest BCUT2D eigenvalue weighted by molar-refractivity contribution is 6.14. The van der Waals surface area contributed by atoms with Gasteiger partial charge in [-0.1, -0.05) is 127 Å². The van der Waals surface area contributed by atoms with Gasteiger partial charge in [0.1, 0.15) is 11.2 Å². The van der Waals surface area contributed by atoms with E-state index >= 15 is 0 Å². The van der Waals surface area contributed by atoms with Crippen molar-refractivity contribution in [3.8, 4) is 33.4 Å². The van der Waals surface area contributed by atoms with Gasteiger partial charge < -0.3 is 4.42 Å². The van der Waals surface area contributed by atoms with Crippen molar-refractivity contribution in [2.24, 2.45) is 0 Å². The number of hydrogen-bond acceptors (Lipinski definition) is 1. The Kier molecular flexibility index (Phi) is 5.39. The fourth-order valence-electron chi connectivity index (χ4n) is 7.28. The highest BCUT2D eigenvalue weighted by atomic mass is 16.3. The second kappa shape index (κ2) is 9.58. The lowest BCUT2D eigenvalue weighted by molar-refractivity contribution is 0.669. The first-order valence-electron chi connectivity index (χ1n) is 15.1. The quantitative estimate of drug-likeness (QED) is 0.214. The summed E-state index contributed by atoms with van der Waals surface area (Å²) in [5.41, 5.74) is 12.4. The number of hydrogen-bond donors (Lipinski definition) is 0. The van der Waals surface area contributed by atoms with Crippen LogP contribution in [0, 0.1) is 0 Å². The molecule has 0 atom stereocenters. The van der Waals surface area contributed by atoms with Crippen LogP contribution in [0.25, 0.3) is 82.9 Å². The maximum Gasteiger partial charge on any atom is 0.135 e. The topological polar surface area (TPSA) is 13.1 Å². The number of rotatable bonds is 3. The second-order valence-corrected chi connectivity index (χ2v) is 11.5. The van der Waals surface area contributed by atoms with Crippen molar-refractivity contribution in [2.45, 2.75) is 12.8 Å². The Hall–Kier alpha value is -5.40. The Labute approximate surface area is 250 Å². The summed E-state index contributed by atoms with van der Waals surface area (Å²) >= 11 is 0. The molecule has 0 N–H and O–H groups in total. The van der Waals surface area contributed by atoms with Gasteiger partial charge in [0, 0.05) is 10.8 Å². The smallest absolute Gasteiger partial charge is 0.135 e. The minimum Gasteiger partial charge on any atom is -0.456 e. The zero-order valence-electron chi connectivity index (χ0n) is 23.7. The minimum absolute atomic E-state index is 0.934. The van der Waals surface area contributed by atoms with Crippen LogP contribution >= 0.6 is 0 Å². The Bertz CT molecular complexity index is 2400. The van der Waals surface area contributed by atoms with Crippen molar-refractivity contribution in [3.05, 3.63) is 151 Å². The van der Waals surface area contributed by atoms with Crippen LogP contribution in [0.3, 0.4) is 0 Å². The van der Waals surface area contributed by atoms with Crippen molar-refractivity contribution >= 4 is 49.6 Å². The van der Waals surface area contributed by atoms with Crippen LogP contribution < -0.4 is 0 Å². The average molecular weight is 549 g/mol. The molecule has 0 fully saturated rings. The summed E-state index contributed by atoms with van der Waals surface area (Å²) in [6.45, 7) is 0. The van der Waals surface area contributed by atoms with Gasteiger partial charge in [-0.15, -0.1) is 0 Å². The highest BCUT2D eigenvalue weighted by Gasteiger charge is 2.24. The van der Waals surface area contributed by atoms with Gasteiger partial charge in [-0.25, -0.2) is 0 Å². The van der Waals surface area contributed by atoms with E-state index in [0.29, 0.717) is 0 Å². The van der Waals surface area contributed by atoms with E-state index in [1.54, 1.807) is 0 Å². The molecule has 9 rings (SSSR count). The second-order valence-electron chi connectivity index (χ2n) is 11.5. The van der Waals surface area contributed by atoms with Gasteiger partial charge in [-0.3, -0.25) is 0 Å². The lowest BCUT2D eigenvalue weighted by atomic mass is 9.78. The lowest BCUT2D eigenvalue weighted by Crippen LogP contribution is -2.03. The number of para-hydroxylation sites is 1. The molecular formula is C42H28O. The van der Waals surface area contributed by atoms with Gasteiger partial charge in [-0.2, -0.15) is 0 Å². The average Bonchev–Trinajstić information content (AvgIpc) is 3.45. The molecule has 0 spiro atoms. The summed E-state index contributed by atoms with van der Waals surface area (Å²) in [6, 6.07) is 48.4. The molecule has 0 radical (unpaired) electrons. The first kappa shape index (κ1) is 24.2. The van der Waals surface area contributed by atoms with Crippen molar-refractivity contribution < 1.29 is 4.42 Å². The van der Waals surface area contributed by atoms with Crippen LogP contribution in [0.1, 0.15) is 17.5 Å². The van der Waals surface area contributed by atoms with Gasteiger partial charge in [0.2, 0.25) is 0 Å². The van der Waals surface area contributed by atoms with E-state index in [9.17, 15) is 0 Å². The summed E-state index contributed by atoms with van der Waals surface area (Å²) in [4.78, 5) is 0. The highest BCUT2D eigenvalue weighted by Crippen LogP contribution is 2.48. The van der Waals surface area contributed by atoms with Crippen molar-refractivity contribution in [1.29, 1.82) is 0 Å². The summed E-state index contributed by atoms with van der Waals surface area (Å²) < 4.78 is 6.19. The Morgan fingerprint density at radius 1 is 0.465 bits per heavy atom. The third kappa shape index (κ3) is 3.72. The zero-order valence-corrected chi connectivity index (χ0v) is 23.7. The molecule has 0 saturated heterocycles. The van der Waals surface area contributed by atoms with E-state index in [1.165, 1.54) is 71.4 Å². The maximum atomic E-state index is 6.19. The van der Waals surface area contributed by atoms with E-state index in [1.807, 2.05) is 6.07 Å². The normalized spacial score (nSPS) is 12.8. The molecule has 7 aromatic carbocycles. The largest absolute Gasteiger partial charge is 0.456 e. The molecule has 1 aliphatic carbocycles. The van der Waals surface area contributed by atoms with Gasteiger partial charge >= 0.3 is 0 Å². The van der Waals surface area contributed by atoms with Crippen LogP contribution in [0.5, 0.6) is 0 Å². The van der Waals surface area contributed by atoms with E-state index < -0.39 is 0 Å². The molecule has 1 nitrogen and oxygen atoms in total. The number of fused-ring (bicyclic) bond motifs is 6. The van der Waals surface area contributed by atoms with Crippen molar-refractivity contribution in [2.75, 3.05) is 0 Å². The maximum absolute atomic E-state index is 6.19. The molecule has 8 aromatic rings. The van der Waals surface area contributed by atoms with Crippen LogP contribution in [0.15, 0.2) is 144 Å². The van der Waals surface area contributed by atoms with Crippen LogP contribution in [-0.4, -0.2) is 0 Å². The Morgan fingerprint density at radius 2 is 1.12 bits per heavy atom. The van der Waals surface area contributed by atoms with Crippen LogP contribution in [-0.2, 0) is 6.42 Å². The van der Waals surface area contributed by atoms with E-state index in [0.717, 1.165) is 29.4 Å². The van der Waals surface area contributed by atoms with Gasteiger partial charge in [0.15, 0.2) is 0 Å². The third-order valence-corrected chi connectivity index (χ3v) is 9.15. The molecule has 1 aliphatic rings. The molecule has 43 heavy (non-hydrogen) atoms. The first-order chi connectivity index (χ1) is 21.3. The molecule has 202 valence electrons. The Balaban J connectivity index is 1.36. The molecular weight excluding hydrogens is 520 g/mol. The van der Waals surface area contributed by atoms with Crippen molar-refractivity contribution in [3.63, 3.8) is 0 Å². The first-order valence-corrected chi connectivity index (χ1v) is 15.1. The zero-order chi connectivity index (χ0) is 28.3. The third-order valence-electron chi connectivity index (χ3n) is 9.15. The fourth-order valence-corrected chi connectivity index (χ4v) is 7.28. The molecule has 1 aromatic heterocycles. The predicted molar refractivity (Wildman–Crippen MR) is 182 cm³/mol. The standard InChI is InChI=1S/C42H28O/c1-2-14-29-27(12-1)13-11-22-30(29)31-15-3-4-17-33(31)42-36-20-7-5-18-34(36)41(35-19-6-8-21-37(35)42)28-24-25-40-38(26-28)32-16-9-10-23-39(32)43-40/h1-5,7-18,20-26H,6,19H2. The van der Waals surface area contributed by atoms with Gasteiger partial charge in [-0.05, 0) is 97.1 Å². The number of furan rings is 1. The predicted octanol–water partition coefficient (Wildman–Crippen LogP) is 11.9. The molecule has 0 bridgehead atoms. The molecule has 1 heterocycles. The van der Waals surface area contributed by atoms with E-state index in [-0.39, 0.29) is 0 Å². The van der Waals surface area contributed by atoms with Crippen LogP contribution in [0.2, 0.25) is 0 Å². The van der Waals surface area contributed by atoms with Gasteiger partial charge in [0.05, 0.1) is 0 Å². The van der Waals surface area contributed by atoms with Crippen LogP contribution in [0.4, 0.5) is 0 Å². The number of allylic oxidation sites excluding steroid dienone is 1. The van der Waals surface area contributed by atoms with Gasteiger partial charge in [0.25, 0.3) is 0 Å². The summed E-state index contributed by atoms with van der Waals surface area (Å²) in [7, 11) is 0. The summed E-state index contributed by atoms with van der Waals surface area (Å²) in [6.07, 6.45) is 6.77. The SMILES string of the molecule is C1=Cc2c(c(-c3ccc4oc5ccccc5c4c3)c3ccccc3c2-c2ccccc2-c2cccc3ccccc23)CC1. The summed E-state index contributed by atoms with van der Waals surface area (Å²) in [5, 5.41) is 7.46. The molecule has 1 heteroatoms. The van der Waals surface area contributed by atoms with E-state index in [2.05, 4.69) is 140 Å². The van der Waals surface area contributed by atoms with E-state index in [4.69, 9.17) is 4.42 Å².